The van der Waals surface area contributed by atoms with E-state index >= 15 is 0 Å². The molecule has 0 spiro atoms. The Hall–Kier alpha value is -2.56. The van der Waals surface area contributed by atoms with Crippen molar-refractivity contribution < 1.29 is 9.84 Å². The van der Waals surface area contributed by atoms with Crippen molar-refractivity contribution in [1.82, 2.24) is 4.90 Å². The van der Waals surface area contributed by atoms with E-state index in [0.29, 0.717) is 12.5 Å². The van der Waals surface area contributed by atoms with Crippen LogP contribution in [0.15, 0.2) is 77.7 Å². The molecule has 1 N–H and O–H groups in total. The van der Waals surface area contributed by atoms with Gasteiger partial charge in [-0.3, -0.25) is 4.90 Å². The van der Waals surface area contributed by atoms with Crippen molar-refractivity contribution in [2.45, 2.75) is 44.6 Å². The van der Waals surface area contributed by atoms with Gasteiger partial charge in [-0.15, -0.1) is 0 Å². The molecule has 1 saturated heterocycles. The van der Waals surface area contributed by atoms with Crippen molar-refractivity contribution in [2.24, 2.45) is 0 Å². The zero-order valence-electron chi connectivity index (χ0n) is 18.7. The second-order valence-electron chi connectivity index (χ2n) is 8.70. The molecule has 3 aromatic rings. The molecule has 0 aliphatic carbocycles. The van der Waals surface area contributed by atoms with Crippen LogP contribution < -0.4 is 4.74 Å². The van der Waals surface area contributed by atoms with Gasteiger partial charge in [-0.2, -0.15) is 11.3 Å². The largest absolute Gasteiger partial charge is 0.513 e. The Kier molecular flexibility index (Phi) is 8.02. The molecule has 1 aromatic heterocycles. The van der Waals surface area contributed by atoms with Crippen LogP contribution in [0.2, 0.25) is 0 Å². The number of likely N-dealkylation sites (tertiary alicyclic amines) is 1. The number of aliphatic hydroxyl groups is 1. The molecule has 1 atom stereocenters. The molecular formula is C28H33NO2S. The van der Waals surface area contributed by atoms with E-state index in [1.54, 1.807) is 11.3 Å². The van der Waals surface area contributed by atoms with Gasteiger partial charge in [-0.1, -0.05) is 49.4 Å². The molecule has 3 nitrogen and oxygen atoms in total. The molecular weight excluding hydrogens is 414 g/mol. The van der Waals surface area contributed by atoms with E-state index in [2.05, 4.69) is 76.8 Å². The van der Waals surface area contributed by atoms with Crippen LogP contribution in [-0.4, -0.2) is 35.7 Å². The number of aliphatic hydroxyl groups excluding tert-OH is 1. The van der Waals surface area contributed by atoms with Crippen molar-refractivity contribution in [1.29, 1.82) is 0 Å². The molecule has 0 bridgehead atoms. The SMILES string of the molecule is C=C(O)CCCN1CCCC[C@@H]1COc1ccc(Cc2ccc(-c3ccsc3)cc2)cc1. The van der Waals surface area contributed by atoms with E-state index in [1.807, 2.05) is 0 Å². The first-order valence-corrected chi connectivity index (χ1v) is 12.6. The van der Waals surface area contributed by atoms with Crippen molar-refractivity contribution in [3.8, 4) is 16.9 Å². The second kappa shape index (κ2) is 11.3. The number of hydrogen-bond donors (Lipinski definition) is 1. The Bertz CT molecular complexity index is 964. The normalized spacial score (nSPS) is 16.7. The highest BCUT2D eigenvalue weighted by Gasteiger charge is 2.22. The lowest BCUT2D eigenvalue weighted by Gasteiger charge is -2.35. The average Bonchev–Trinajstić information content (AvgIpc) is 3.35. The summed E-state index contributed by atoms with van der Waals surface area (Å²) in [6.07, 6.45) is 6.26. The molecule has 0 unspecified atom stereocenters. The van der Waals surface area contributed by atoms with E-state index in [1.165, 1.54) is 41.5 Å². The van der Waals surface area contributed by atoms with Gasteiger partial charge in [0.25, 0.3) is 0 Å². The fraction of sp³-hybridized carbons (Fsp3) is 0.357. The first kappa shape index (κ1) is 22.6. The molecule has 1 aliphatic rings. The summed E-state index contributed by atoms with van der Waals surface area (Å²) in [5, 5.41) is 13.6. The summed E-state index contributed by atoms with van der Waals surface area (Å²) in [6.45, 7) is 6.44. The van der Waals surface area contributed by atoms with Gasteiger partial charge in [0.05, 0.1) is 5.76 Å². The Morgan fingerprint density at radius 3 is 2.44 bits per heavy atom. The fourth-order valence-electron chi connectivity index (χ4n) is 4.40. The van der Waals surface area contributed by atoms with Gasteiger partial charge in [0, 0.05) is 12.5 Å². The number of nitrogens with zero attached hydrogens (tertiary/aromatic N) is 1. The van der Waals surface area contributed by atoms with Crippen LogP contribution in [0.4, 0.5) is 0 Å². The van der Waals surface area contributed by atoms with Gasteiger partial charge in [0.2, 0.25) is 0 Å². The van der Waals surface area contributed by atoms with Crippen LogP contribution >= 0.6 is 11.3 Å². The lowest BCUT2D eigenvalue weighted by molar-refractivity contribution is 0.0979. The van der Waals surface area contributed by atoms with Crippen LogP contribution in [0.25, 0.3) is 11.1 Å². The minimum absolute atomic E-state index is 0.285. The van der Waals surface area contributed by atoms with Crippen LogP contribution in [-0.2, 0) is 6.42 Å². The molecule has 0 radical (unpaired) electrons. The molecule has 4 heteroatoms. The second-order valence-corrected chi connectivity index (χ2v) is 9.48. The molecule has 2 aromatic carbocycles. The maximum atomic E-state index is 9.33. The zero-order valence-corrected chi connectivity index (χ0v) is 19.5. The standard InChI is InChI=1S/C28H33NO2S/c1-22(30)5-4-17-29-16-3-2-6-27(29)20-31-28-13-9-24(10-14-28)19-23-7-11-25(12-8-23)26-15-18-32-21-26/h7-15,18,21,27,30H,1-6,16-17,19-20H2/t27-/m1/s1. The third kappa shape index (κ3) is 6.47. The molecule has 1 aliphatic heterocycles. The van der Waals surface area contributed by atoms with Gasteiger partial charge < -0.3 is 9.84 Å². The lowest BCUT2D eigenvalue weighted by Crippen LogP contribution is -2.43. The fourth-order valence-corrected chi connectivity index (χ4v) is 5.07. The summed E-state index contributed by atoms with van der Waals surface area (Å²) in [7, 11) is 0. The smallest absolute Gasteiger partial charge is 0.119 e. The molecule has 2 heterocycles. The Morgan fingerprint density at radius 1 is 1.00 bits per heavy atom. The molecule has 32 heavy (non-hydrogen) atoms. The zero-order chi connectivity index (χ0) is 22.2. The van der Waals surface area contributed by atoms with Crippen LogP contribution in [0.3, 0.4) is 0 Å². The number of thiophene rings is 1. The van der Waals surface area contributed by atoms with E-state index < -0.39 is 0 Å². The first-order chi connectivity index (χ1) is 15.7. The van der Waals surface area contributed by atoms with Gasteiger partial charge in [0.15, 0.2) is 0 Å². The molecule has 0 saturated carbocycles. The molecule has 0 amide bonds. The number of allylic oxidation sites excluding steroid dienone is 1. The highest BCUT2D eigenvalue weighted by atomic mass is 32.1. The third-order valence-corrected chi connectivity index (χ3v) is 6.93. The Morgan fingerprint density at radius 2 is 1.75 bits per heavy atom. The summed E-state index contributed by atoms with van der Waals surface area (Å²) < 4.78 is 6.16. The highest BCUT2D eigenvalue weighted by Crippen LogP contribution is 2.24. The summed E-state index contributed by atoms with van der Waals surface area (Å²) >= 11 is 1.73. The average molecular weight is 448 g/mol. The van der Waals surface area contributed by atoms with Gasteiger partial charge in [0.1, 0.15) is 12.4 Å². The predicted molar refractivity (Wildman–Crippen MR) is 135 cm³/mol. The number of ether oxygens (including phenoxy) is 1. The first-order valence-electron chi connectivity index (χ1n) is 11.6. The number of benzene rings is 2. The van der Waals surface area contributed by atoms with E-state index in [-0.39, 0.29) is 5.76 Å². The summed E-state index contributed by atoms with van der Waals surface area (Å²) in [5.41, 5.74) is 5.18. The van der Waals surface area contributed by atoms with Crippen molar-refractivity contribution >= 4 is 11.3 Å². The van der Waals surface area contributed by atoms with Crippen LogP contribution in [0, 0.1) is 0 Å². The highest BCUT2D eigenvalue weighted by molar-refractivity contribution is 7.08. The number of piperidine rings is 1. The predicted octanol–water partition coefficient (Wildman–Crippen LogP) is 7.09. The van der Waals surface area contributed by atoms with Crippen molar-refractivity contribution in [2.75, 3.05) is 19.7 Å². The quantitative estimate of drug-likeness (QED) is 0.337. The molecule has 168 valence electrons. The summed E-state index contributed by atoms with van der Waals surface area (Å²) in [5.74, 6) is 1.23. The number of rotatable bonds is 10. The maximum Gasteiger partial charge on any atom is 0.119 e. The minimum Gasteiger partial charge on any atom is -0.513 e. The van der Waals surface area contributed by atoms with Crippen molar-refractivity contribution in [3.05, 3.63) is 88.8 Å². The van der Waals surface area contributed by atoms with Gasteiger partial charge in [-0.25, -0.2) is 0 Å². The summed E-state index contributed by atoms with van der Waals surface area (Å²) in [6, 6.07) is 20.0. The lowest BCUT2D eigenvalue weighted by atomic mass is 10.0. The number of hydrogen-bond acceptors (Lipinski definition) is 4. The monoisotopic (exact) mass is 447 g/mol. The van der Waals surface area contributed by atoms with Crippen LogP contribution in [0.5, 0.6) is 5.75 Å². The van der Waals surface area contributed by atoms with Crippen molar-refractivity contribution in [3.63, 3.8) is 0 Å². The third-order valence-electron chi connectivity index (χ3n) is 6.24. The Balaban J connectivity index is 1.27. The molecule has 4 rings (SSSR count). The minimum atomic E-state index is 0.285. The molecule has 1 fully saturated rings. The Labute approximate surface area is 196 Å². The maximum absolute atomic E-state index is 9.33. The summed E-state index contributed by atoms with van der Waals surface area (Å²) in [4.78, 5) is 2.51. The van der Waals surface area contributed by atoms with E-state index in [0.717, 1.165) is 38.3 Å². The van der Waals surface area contributed by atoms with Gasteiger partial charge in [-0.05, 0) is 90.0 Å². The van der Waals surface area contributed by atoms with E-state index in [9.17, 15) is 5.11 Å². The van der Waals surface area contributed by atoms with Crippen LogP contribution in [0.1, 0.15) is 43.2 Å². The van der Waals surface area contributed by atoms with Gasteiger partial charge >= 0.3 is 0 Å². The van der Waals surface area contributed by atoms with E-state index in [4.69, 9.17) is 4.74 Å². The topological polar surface area (TPSA) is 32.7 Å².